The summed E-state index contributed by atoms with van der Waals surface area (Å²) < 4.78 is 0. The molecule has 8 atom stereocenters. The second-order valence-electron chi connectivity index (χ2n) is 22.8. The third kappa shape index (κ3) is 12.8. The second kappa shape index (κ2) is 22.8. The lowest BCUT2D eigenvalue weighted by Crippen LogP contribution is -2.60. The van der Waals surface area contributed by atoms with Crippen LogP contribution in [0.25, 0.3) is 0 Å². The summed E-state index contributed by atoms with van der Waals surface area (Å²) in [4.78, 5) is 115. The Bertz CT molecular complexity index is 2380. The minimum atomic E-state index is -0.975. The quantitative estimate of drug-likeness (QED) is 0.104. The van der Waals surface area contributed by atoms with Crippen molar-refractivity contribution in [2.75, 3.05) is 27.2 Å². The van der Waals surface area contributed by atoms with Crippen molar-refractivity contribution in [3.63, 3.8) is 0 Å². The van der Waals surface area contributed by atoms with Crippen molar-refractivity contribution in [2.24, 2.45) is 10.8 Å². The molecule has 0 aromatic heterocycles. The van der Waals surface area contributed by atoms with E-state index in [-0.39, 0.29) is 72.8 Å². The number of likely N-dealkylation sites (tertiary alicyclic amines) is 2. The molecule has 18 heteroatoms. The normalized spacial score (nSPS) is 21.4. The number of hydrogen-bond acceptors (Lipinski definition) is 10. The first kappa shape index (κ1) is 55.1. The van der Waals surface area contributed by atoms with Crippen LogP contribution < -0.4 is 42.5 Å². The van der Waals surface area contributed by atoms with E-state index in [1.807, 2.05) is 90.1 Å². The molecule has 398 valence electrons. The molecule has 2 saturated heterocycles. The molecule has 8 N–H and O–H groups in total. The molecule has 2 fully saturated rings. The minimum Gasteiger partial charge on any atom is -0.351 e. The van der Waals surface area contributed by atoms with Gasteiger partial charge in [0.1, 0.15) is 24.2 Å². The Morgan fingerprint density at radius 2 is 0.784 bits per heavy atom. The lowest BCUT2D eigenvalue weighted by atomic mass is 9.85. The number of hydrogen-bond donors (Lipinski definition) is 8. The summed E-state index contributed by atoms with van der Waals surface area (Å²) in [6.45, 7) is 14.5. The molecule has 0 bridgehead atoms. The Hall–Kier alpha value is -6.66. The van der Waals surface area contributed by atoms with Crippen molar-refractivity contribution in [3.05, 3.63) is 106 Å². The lowest BCUT2D eigenvalue weighted by molar-refractivity contribution is -0.144. The molecular weight excluding hydrogens is 941 g/mol. The first-order valence-electron chi connectivity index (χ1n) is 26.0. The third-order valence-corrected chi connectivity index (χ3v) is 15.1. The summed E-state index contributed by atoms with van der Waals surface area (Å²) >= 11 is 0. The molecule has 3 aromatic carbocycles. The van der Waals surface area contributed by atoms with Gasteiger partial charge in [-0.2, -0.15) is 0 Å². The van der Waals surface area contributed by atoms with Gasteiger partial charge in [0.2, 0.25) is 35.4 Å². The Labute approximate surface area is 435 Å². The minimum absolute atomic E-state index is 0.0181. The van der Waals surface area contributed by atoms with Crippen molar-refractivity contribution < 1.29 is 38.4 Å². The summed E-state index contributed by atoms with van der Waals surface area (Å²) in [6, 6.07) is 15.6. The zero-order valence-corrected chi connectivity index (χ0v) is 44.5. The van der Waals surface area contributed by atoms with Crippen molar-refractivity contribution in [2.45, 2.75) is 154 Å². The van der Waals surface area contributed by atoms with E-state index in [0.29, 0.717) is 25.7 Å². The van der Waals surface area contributed by atoms with Crippen LogP contribution in [0.3, 0.4) is 0 Å². The van der Waals surface area contributed by atoms with Crippen LogP contribution in [-0.4, -0.2) is 145 Å². The monoisotopic (exact) mass is 1020 g/mol. The molecule has 74 heavy (non-hydrogen) atoms. The number of amides is 8. The van der Waals surface area contributed by atoms with E-state index in [1.54, 1.807) is 27.9 Å². The van der Waals surface area contributed by atoms with Crippen molar-refractivity contribution >= 4 is 47.3 Å². The molecule has 2 aliphatic carbocycles. The van der Waals surface area contributed by atoms with Gasteiger partial charge in [0.05, 0.1) is 12.1 Å². The highest BCUT2D eigenvalue weighted by molar-refractivity contribution is 5.99. The summed E-state index contributed by atoms with van der Waals surface area (Å²) in [5, 5.41) is 24.0. The average Bonchev–Trinajstić information content (AvgIpc) is 4.18. The van der Waals surface area contributed by atoms with Gasteiger partial charge >= 0.3 is 0 Å². The smallest absolute Gasteiger partial charge is 0.251 e. The van der Waals surface area contributed by atoms with Crippen LogP contribution in [0.4, 0.5) is 0 Å². The highest BCUT2D eigenvalue weighted by Gasteiger charge is 2.48. The standard InChI is InChI=1S/C56H76N10O8/c1-31(57-9)47(67)63-45(55(3,4)5)53(73)65-29-41(27-43(65)51(71)59-39-23-35-15-11-12-16-36(35)24-39)61-49(69)33-19-21-34(22-20-33)50(70)62-42-28-44(52(72)60-40-25-37-17-13-14-18-38(37)26-40)66(30-42)54(74)46(56(6,7)8)64-48(68)32(2)58-10/h11-22,31-32,39-46,57-58H,23-30H2,1-10H3,(H,59,71)(H,60,72)(H,61,69)(H,62,70)(H,63,67)(H,64,68)/t31-,32-,41-,42-,43-,44-,45+,46+/m0/s1. The maximum Gasteiger partial charge on any atom is 0.251 e. The Morgan fingerprint density at radius 3 is 1.07 bits per heavy atom. The first-order valence-corrected chi connectivity index (χ1v) is 26.0. The van der Waals surface area contributed by atoms with Gasteiger partial charge < -0.3 is 52.3 Å². The van der Waals surface area contributed by atoms with Crippen molar-refractivity contribution in [1.29, 1.82) is 0 Å². The topological polar surface area (TPSA) is 239 Å². The van der Waals surface area contributed by atoms with Gasteiger partial charge in [-0.25, -0.2) is 0 Å². The van der Waals surface area contributed by atoms with E-state index in [4.69, 9.17) is 0 Å². The third-order valence-electron chi connectivity index (χ3n) is 15.1. The molecule has 4 aliphatic rings. The first-order chi connectivity index (χ1) is 34.9. The molecule has 0 saturated carbocycles. The molecule has 0 radical (unpaired) electrons. The highest BCUT2D eigenvalue weighted by Crippen LogP contribution is 2.30. The summed E-state index contributed by atoms with van der Waals surface area (Å²) in [6.07, 6.45) is 2.88. The molecule has 2 heterocycles. The van der Waals surface area contributed by atoms with Crippen LogP contribution in [0.5, 0.6) is 0 Å². The van der Waals surface area contributed by atoms with E-state index in [1.165, 1.54) is 34.1 Å². The number of nitrogens with one attached hydrogen (secondary N) is 8. The summed E-state index contributed by atoms with van der Waals surface area (Å²) in [5.41, 5.74) is 3.66. The fourth-order valence-corrected chi connectivity index (χ4v) is 10.5. The van der Waals surface area contributed by atoms with E-state index >= 15 is 0 Å². The van der Waals surface area contributed by atoms with Crippen LogP contribution in [0, 0.1) is 10.8 Å². The number of nitrogens with zero attached hydrogens (tertiary/aromatic N) is 2. The number of fused-ring (bicyclic) bond motifs is 2. The SMILES string of the molecule is CN[C@@H](C)C(=O)N[C@H](C(=O)N1C[C@@H](NC(=O)c2ccc(C(=O)N[C@H]3C[C@@H](C(=O)NC4Cc5ccccc5C4)N(C(=O)[C@@H](NC(=O)[C@H](C)NC)C(C)(C)C)C3)cc2)C[C@H]1C(=O)NC1Cc2ccccc2C1)C(C)(C)C. The van der Waals surface area contributed by atoms with Crippen LogP contribution in [0.2, 0.25) is 0 Å². The van der Waals surface area contributed by atoms with Crippen LogP contribution >= 0.6 is 0 Å². The Kier molecular flexibility index (Phi) is 17.0. The maximum absolute atomic E-state index is 14.6. The lowest BCUT2D eigenvalue weighted by Gasteiger charge is -2.36. The number of rotatable bonds is 16. The van der Waals surface area contributed by atoms with Crippen molar-refractivity contribution in [3.8, 4) is 0 Å². The molecule has 2 aliphatic heterocycles. The predicted molar refractivity (Wildman–Crippen MR) is 281 cm³/mol. The second-order valence-corrected chi connectivity index (χ2v) is 22.8. The van der Waals surface area contributed by atoms with Gasteiger partial charge in [0.25, 0.3) is 11.8 Å². The molecule has 0 unspecified atom stereocenters. The number of carbonyl (C=O) groups is 8. The largest absolute Gasteiger partial charge is 0.351 e. The highest BCUT2D eigenvalue weighted by atomic mass is 16.2. The van der Waals surface area contributed by atoms with E-state index in [0.717, 1.165) is 22.3 Å². The molecule has 3 aromatic rings. The molecule has 7 rings (SSSR count). The zero-order valence-electron chi connectivity index (χ0n) is 44.5. The zero-order chi connectivity index (χ0) is 53.8. The summed E-state index contributed by atoms with van der Waals surface area (Å²) in [5.74, 6) is -3.22. The van der Waals surface area contributed by atoms with Crippen molar-refractivity contribution in [1.82, 2.24) is 52.3 Å². The predicted octanol–water partition coefficient (Wildman–Crippen LogP) is 1.93. The van der Waals surface area contributed by atoms with Gasteiger partial charge in [0, 0.05) is 48.4 Å². The van der Waals surface area contributed by atoms with E-state index < -0.39 is 82.8 Å². The van der Waals surface area contributed by atoms with Gasteiger partial charge in [-0.1, -0.05) is 90.1 Å². The average molecular weight is 1020 g/mol. The van der Waals surface area contributed by atoms with Crippen LogP contribution in [0.1, 0.15) is 111 Å². The number of benzene rings is 3. The Morgan fingerprint density at radius 1 is 0.473 bits per heavy atom. The van der Waals surface area contributed by atoms with Crippen LogP contribution in [-0.2, 0) is 54.5 Å². The number of likely N-dealkylation sites (N-methyl/N-ethyl adjacent to an activating group) is 2. The molecule has 0 spiro atoms. The Balaban J connectivity index is 1.03. The number of carbonyl (C=O) groups excluding carboxylic acids is 8. The van der Waals surface area contributed by atoms with Gasteiger partial charge in [-0.05, 0) is 124 Å². The molecular formula is C56H76N10O8. The van der Waals surface area contributed by atoms with Gasteiger partial charge in [-0.15, -0.1) is 0 Å². The van der Waals surface area contributed by atoms with Gasteiger partial charge in [-0.3, -0.25) is 38.4 Å². The summed E-state index contributed by atoms with van der Waals surface area (Å²) in [7, 11) is 3.31. The van der Waals surface area contributed by atoms with E-state index in [2.05, 4.69) is 42.5 Å². The van der Waals surface area contributed by atoms with Gasteiger partial charge in [0.15, 0.2) is 0 Å². The van der Waals surface area contributed by atoms with Crippen LogP contribution in [0.15, 0.2) is 72.8 Å². The maximum atomic E-state index is 14.6. The fraction of sp³-hybridized carbons (Fsp3) is 0.536. The van der Waals surface area contributed by atoms with E-state index in [9.17, 15) is 38.4 Å². The fourth-order valence-electron chi connectivity index (χ4n) is 10.5. The molecule has 18 nitrogen and oxygen atoms in total. The molecule has 8 amide bonds.